The Hall–Kier alpha value is -6.39. The van der Waals surface area contributed by atoms with Gasteiger partial charge < -0.3 is 15.0 Å². The van der Waals surface area contributed by atoms with Crippen molar-refractivity contribution in [2.45, 2.75) is 12.8 Å². The van der Waals surface area contributed by atoms with E-state index in [1.54, 1.807) is 6.92 Å². The van der Waals surface area contributed by atoms with Gasteiger partial charge in [-0.1, -0.05) is 121 Å². The van der Waals surface area contributed by atoms with Gasteiger partial charge in [0.25, 0.3) is 0 Å². The van der Waals surface area contributed by atoms with Crippen molar-refractivity contribution < 1.29 is 27.4 Å². The van der Waals surface area contributed by atoms with E-state index in [1.807, 2.05) is 0 Å². The molecule has 0 radical (unpaired) electrons. The highest BCUT2D eigenvalue weighted by molar-refractivity contribution is 5.95. The molecule has 0 aliphatic carbocycles. The lowest BCUT2D eigenvalue weighted by molar-refractivity contribution is 0.938. The number of nitrogens with one attached hydrogen (secondary N) is 3. The van der Waals surface area contributed by atoms with Crippen LogP contribution in [-0.4, -0.2) is 21.2 Å². The summed E-state index contributed by atoms with van der Waals surface area (Å²) in [6.07, 6.45) is 1.37. The normalized spacial score (nSPS) is 25.1. The van der Waals surface area contributed by atoms with Crippen LogP contribution in [0.15, 0.2) is 179 Å². The predicted octanol–water partition coefficient (Wildman–Crippen LogP) is 8.47. The average molecular weight is 651 g/mol. The van der Waals surface area contributed by atoms with Gasteiger partial charge in [0.2, 0.25) is 0 Å². The Morgan fingerprint density at radius 1 is 0.510 bits per heavy atom. The highest BCUT2D eigenvalue weighted by atomic mass is 14.8. The zero-order chi connectivity index (χ0) is 50.1. The molecule has 1 atom stereocenters. The summed E-state index contributed by atoms with van der Waals surface area (Å²) in [6.45, 7) is 1.60. The van der Waals surface area contributed by atoms with Crippen molar-refractivity contribution in [3.63, 3.8) is 0 Å². The van der Waals surface area contributed by atoms with Gasteiger partial charge in [-0.3, -0.25) is 4.99 Å². The molecule has 49 heavy (non-hydrogen) atoms. The number of nitrogens with zero attached hydrogens (tertiary/aromatic N) is 1. The number of allylic oxidation sites excluding steroid dienone is 2. The zero-order valence-electron chi connectivity index (χ0n) is 45.6. The van der Waals surface area contributed by atoms with E-state index < -0.39 is 127 Å². The van der Waals surface area contributed by atoms with E-state index in [1.165, 1.54) is 42.6 Å². The Bertz CT molecular complexity index is 3590. The van der Waals surface area contributed by atoms with E-state index in [9.17, 15) is 0 Å². The molecule has 5 heterocycles. The molecule has 4 nitrogen and oxygen atoms in total. The molecule has 3 N–H and O–H groups in total. The summed E-state index contributed by atoms with van der Waals surface area (Å²) in [5, 5.41) is 0.187. The first-order chi connectivity index (χ1) is 32.5. The number of fused-ring (bicyclic) bond motifs is 7. The highest BCUT2D eigenvalue weighted by Gasteiger charge is 2.28. The van der Waals surface area contributed by atoms with Gasteiger partial charge in [-0.25, -0.2) is 0 Å². The van der Waals surface area contributed by atoms with Crippen molar-refractivity contribution >= 4 is 22.9 Å². The lowest BCUT2D eigenvalue weighted by atomic mass is 9.85. The molecule has 2 aliphatic heterocycles. The van der Waals surface area contributed by atoms with Gasteiger partial charge in [0.1, 0.15) is 0 Å². The molecule has 0 saturated heterocycles. The second-order valence-corrected chi connectivity index (χ2v) is 11.2. The molecule has 0 spiro atoms. The van der Waals surface area contributed by atoms with Crippen LogP contribution in [0, 0.1) is 0 Å². The first kappa shape index (κ1) is 14.8. The van der Waals surface area contributed by atoms with Crippen LogP contribution in [0.3, 0.4) is 0 Å². The Morgan fingerprint density at radius 3 is 1.55 bits per heavy atom. The minimum atomic E-state index is -1.29. The van der Waals surface area contributed by atoms with E-state index >= 15 is 0 Å². The van der Waals surface area contributed by atoms with Crippen LogP contribution in [0.2, 0.25) is 0 Å². The molecule has 0 amide bonds. The molecule has 4 heteroatoms. The number of benzene rings is 4. The summed E-state index contributed by atoms with van der Waals surface area (Å²) in [5.41, 5.74) is -0.133. The van der Waals surface area contributed by atoms with Crippen LogP contribution in [0.25, 0.3) is 16.7 Å². The number of H-pyrrole nitrogens is 3. The van der Waals surface area contributed by atoms with E-state index in [-0.39, 0.29) is 89.3 Å². The molecule has 3 aromatic heterocycles. The summed E-state index contributed by atoms with van der Waals surface area (Å²) in [7, 11) is 0. The first-order valence-electron chi connectivity index (χ1n) is 25.1. The lowest BCUT2D eigenvalue weighted by Crippen LogP contribution is -2.17. The SMILES string of the molecule is [2H]c1c([2H])c([2H])c(/C2=c3\cc/c([nH]3)=C(\c3c([2H])c([2H])c([2H])c([2H])c3[2H])c3ccc([nH]3)[C@H](c3c([2H])c([2H])c([2H])c([2H])c3[2H])C3=C(C)/C(=C(/c4c([2H])c([2H])c([2H])c([2H])c4[2H])c4ccc2[nH]4)N=C3)c([2H])c1[2H]. The monoisotopic (exact) mass is 650 g/mol. The van der Waals surface area contributed by atoms with Gasteiger partial charge in [0, 0.05) is 56.4 Å². The number of hydrogen-bond acceptors (Lipinski definition) is 1. The maximum atomic E-state index is 9.14. The van der Waals surface area contributed by atoms with Crippen LogP contribution >= 0.6 is 0 Å². The number of hydrogen-bond donors (Lipinski definition) is 3. The summed E-state index contributed by atoms with van der Waals surface area (Å²) in [5.74, 6) is -1.29. The average Bonchev–Trinajstić information content (AvgIpc) is 4.18. The van der Waals surface area contributed by atoms with Gasteiger partial charge in [0.15, 0.2) is 0 Å². The molecular weight excluding hydrogens is 597 g/mol. The number of aromatic amines is 3. The van der Waals surface area contributed by atoms with Crippen LogP contribution in [-0.2, 0) is 0 Å². The lowest BCUT2D eigenvalue weighted by Gasteiger charge is -2.19. The maximum absolute atomic E-state index is 9.14. The van der Waals surface area contributed by atoms with E-state index in [2.05, 4.69) is 15.0 Å². The Balaban J connectivity index is 1.54. The summed E-state index contributed by atoms with van der Waals surface area (Å²) >= 11 is 0. The van der Waals surface area contributed by atoms with Gasteiger partial charge >= 0.3 is 0 Å². The van der Waals surface area contributed by atoms with Gasteiger partial charge in [-0.15, -0.1) is 0 Å². The van der Waals surface area contributed by atoms with Crippen molar-refractivity contribution in [3.05, 3.63) is 230 Å². The Labute approximate surface area is 313 Å². The third-order valence-electron chi connectivity index (χ3n) is 8.47. The highest BCUT2D eigenvalue weighted by Crippen LogP contribution is 2.41. The fraction of sp³-hybridized carbons (Fsp3) is 0.0444. The van der Waals surface area contributed by atoms with Gasteiger partial charge in [-0.2, -0.15) is 0 Å². The molecule has 9 rings (SSSR count). The molecule has 2 aliphatic rings. The second-order valence-electron chi connectivity index (χ2n) is 11.2. The number of rotatable bonds is 4. The number of aliphatic imine (C=N–C) groups is 1. The quantitative estimate of drug-likeness (QED) is 0.171. The van der Waals surface area contributed by atoms with E-state index in [0.717, 1.165) is 0 Å². The third-order valence-corrected chi connectivity index (χ3v) is 8.47. The molecule has 0 saturated carbocycles. The predicted molar refractivity (Wildman–Crippen MR) is 200 cm³/mol. The van der Waals surface area contributed by atoms with Crippen LogP contribution in [0.4, 0.5) is 0 Å². The topological polar surface area (TPSA) is 59.7 Å². The Kier molecular flexibility index (Phi) is 3.62. The largest absolute Gasteiger partial charge is 0.358 e. The molecule has 8 bridgehead atoms. The van der Waals surface area contributed by atoms with Gasteiger partial charge in [-0.05, 0) is 76.7 Å². The molecule has 234 valence electrons. The minimum absolute atomic E-state index is 0.00107. The molecular formula is C45H34N4. The maximum Gasteiger partial charge on any atom is 0.0761 e. The van der Waals surface area contributed by atoms with Crippen LogP contribution < -0.4 is 10.7 Å². The van der Waals surface area contributed by atoms with Crippen molar-refractivity contribution in [2.24, 2.45) is 4.99 Å². The van der Waals surface area contributed by atoms with Crippen molar-refractivity contribution in [1.29, 1.82) is 0 Å². The Morgan fingerprint density at radius 2 is 0.980 bits per heavy atom. The smallest absolute Gasteiger partial charge is 0.0761 e. The van der Waals surface area contributed by atoms with E-state index in [4.69, 9.17) is 32.4 Å². The van der Waals surface area contributed by atoms with Crippen molar-refractivity contribution in [1.82, 2.24) is 15.0 Å². The van der Waals surface area contributed by atoms with Crippen molar-refractivity contribution in [2.75, 3.05) is 0 Å². The third kappa shape index (κ3) is 5.06. The standard InChI is InChI=1S/C45H34N4/c1-29-34-28-46-45(29)44(33-20-12-5-13-21-33)40-27-26-39(49-40)43(32-18-10-4-11-19-32)38-25-24-37(48-38)42(31-16-8-3-9-17-31)36-23-22-35(47-36)41(34)30-14-6-2-7-15-30/h2-28,41,47-49H,1H3/b42-37-,43-38-,45-44+/t41-/m1/s1/i2D,3D,4D,5D,6D,7D,8D,9D,10D,11D,12D,13D,14D,15D,16D,17D,18D,19D,20D,21D. The van der Waals surface area contributed by atoms with Crippen LogP contribution in [0.5, 0.6) is 0 Å². The molecule has 0 unspecified atom stereocenters. The summed E-state index contributed by atoms with van der Waals surface area (Å²) < 4.78 is 175. The fourth-order valence-corrected chi connectivity index (χ4v) is 6.32. The molecule has 7 aromatic rings. The summed E-state index contributed by atoms with van der Waals surface area (Å²) in [4.78, 5) is 14.5. The second kappa shape index (κ2) is 12.0. The van der Waals surface area contributed by atoms with Crippen molar-refractivity contribution in [3.8, 4) is 0 Å². The number of aromatic nitrogens is 3. The van der Waals surface area contributed by atoms with E-state index in [0.29, 0.717) is 0 Å². The fourth-order valence-electron chi connectivity index (χ4n) is 6.32. The minimum Gasteiger partial charge on any atom is -0.358 e. The molecule has 4 aromatic carbocycles. The zero-order valence-corrected chi connectivity index (χ0v) is 25.6. The summed E-state index contributed by atoms with van der Waals surface area (Å²) in [6, 6.07) is -3.72. The van der Waals surface area contributed by atoms with Gasteiger partial charge in [0.05, 0.1) is 39.0 Å². The van der Waals surface area contributed by atoms with Crippen LogP contribution in [0.1, 0.15) is 85.3 Å². The molecule has 0 fully saturated rings. The first-order valence-corrected chi connectivity index (χ1v) is 15.1.